The Morgan fingerprint density at radius 1 is 0.951 bits per heavy atom. The molecule has 1 fully saturated rings. The Balaban J connectivity index is 1.62. The summed E-state index contributed by atoms with van der Waals surface area (Å²) in [6.45, 7) is 4.21. The number of nitrogens with one attached hydrogen (secondary N) is 1. The number of ether oxygens (including phenoxy) is 1. The van der Waals surface area contributed by atoms with Crippen molar-refractivity contribution in [3.05, 3.63) is 97.9 Å². The highest BCUT2D eigenvalue weighted by Crippen LogP contribution is 2.29. The van der Waals surface area contributed by atoms with Gasteiger partial charge < -0.3 is 15.0 Å². The van der Waals surface area contributed by atoms with Gasteiger partial charge in [0.25, 0.3) is 5.91 Å². The molecule has 1 aliphatic carbocycles. The van der Waals surface area contributed by atoms with Crippen LogP contribution in [0.3, 0.4) is 0 Å². The van der Waals surface area contributed by atoms with E-state index in [0.29, 0.717) is 28.1 Å². The average molecular weight is 660 g/mol. The van der Waals surface area contributed by atoms with Crippen LogP contribution in [-0.4, -0.2) is 35.4 Å². The summed E-state index contributed by atoms with van der Waals surface area (Å²) in [7, 11) is 0. The summed E-state index contributed by atoms with van der Waals surface area (Å²) in [4.78, 5) is 29.4. The summed E-state index contributed by atoms with van der Waals surface area (Å²) < 4.78 is 6.79. The maximum absolute atomic E-state index is 13.9. The fourth-order valence-corrected chi connectivity index (χ4v) is 5.98. The molecule has 218 valence electrons. The first-order chi connectivity index (χ1) is 19.7. The van der Waals surface area contributed by atoms with Crippen LogP contribution < -0.4 is 10.1 Å². The minimum absolute atomic E-state index is 0.114. The number of benzene rings is 3. The van der Waals surface area contributed by atoms with Crippen LogP contribution in [-0.2, 0) is 22.6 Å². The predicted octanol–water partition coefficient (Wildman–Crippen LogP) is 8.35. The van der Waals surface area contributed by atoms with Crippen LogP contribution in [0.2, 0.25) is 10.0 Å². The van der Waals surface area contributed by atoms with E-state index in [0.717, 1.165) is 41.3 Å². The molecule has 2 amide bonds. The van der Waals surface area contributed by atoms with Crippen LogP contribution >= 0.6 is 39.1 Å². The summed E-state index contributed by atoms with van der Waals surface area (Å²) in [5.74, 6) is 0.487. The first-order valence-electron chi connectivity index (χ1n) is 14.2. The topological polar surface area (TPSA) is 58.6 Å². The van der Waals surface area contributed by atoms with Gasteiger partial charge in [0.15, 0.2) is 6.61 Å². The minimum Gasteiger partial charge on any atom is -0.483 e. The van der Waals surface area contributed by atoms with Gasteiger partial charge in [0, 0.05) is 19.0 Å². The molecule has 4 rings (SSSR count). The summed E-state index contributed by atoms with van der Waals surface area (Å²) in [6.07, 6.45) is 5.66. The second-order valence-corrected chi connectivity index (χ2v) is 12.6. The summed E-state index contributed by atoms with van der Waals surface area (Å²) in [5, 5.41) is 4.08. The molecule has 41 heavy (non-hydrogen) atoms. The fourth-order valence-electron chi connectivity index (χ4n) is 5.15. The van der Waals surface area contributed by atoms with Crippen molar-refractivity contribution < 1.29 is 14.3 Å². The van der Waals surface area contributed by atoms with E-state index in [4.69, 9.17) is 27.9 Å². The van der Waals surface area contributed by atoms with Crippen molar-refractivity contribution in [3.63, 3.8) is 0 Å². The molecule has 1 N–H and O–H groups in total. The van der Waals surface area contributed by atoms with E-state index in [1.54, 1.807) is 17.0 Å². The van der Waals surface area contributed by atoms with Gasteiger partial charge in [-0.3, -0.25) is 9.59 Å². The van der Waals surface area contributed by atoms with Crippen molar-refractivity contribution in [2.45, 2.75) is 76.9 Å². The summed E-state index contributed by atoms with van der Waals surface area (Å²) in [5.41, 5.74) is 2.91. The van der Waals surface area contributed by atoms with E-state index in [-0.39, 0.29) is 31.0 Å². The van der Waals surface area contributed by atoms with E-state index in [1.807, 2.05) is 54.6 Å². The first-order valence-corrected chi connectivity index (χ1v) is 15.8. The molecule has 0 radical (unpaired) electrons. The fraction of sp³-hybridized carbons (Fsp3) is 0.394. The number of carbonyl (C=O) groups is 2. The number of rotatable bonds is 11. The van der Waals surface area contributed by atoms with Crippen LogP contribution in [0, 0.1) is 0 Å². The zero-order chi connectivity index (χ0) is 29.4. The van der Waals surface area contributed by atoms with Gasteiger partial charge in [0.05, 0.1) is 14.5 Å². The third kappa shape index (κ3) is 8.97. The van der Waals surface area contributed by atoms with E-state index in [2.05, 4.69) is 35.1 Å². The lowest BCUT2D eigenvalue weighted by Gasteiger charge is -2.33. The number of amides is 2. The van der Waals surface area contributed by atoms with Crippen LogP contribution in [0.25, 0.3) is 0 Å². The molecule has 1 saturated carbocycles. The van der Waals surface area contributed by atoms with Gasteiger partial charge in [0.1, 0.15) is 11.8 Å². The molecule has 1 aliphatic rings. The lowest BCUT2D eigenvalue weighted by atomic mass is 9.94. The maximum Gasteiger partial charge on any atom is 0.261 e. The lowest BCUT2D eigenvalue weighted by molar-refractivity contribution is -0.143. The van der Waals surface area contributed by atoms with Gasteiger partial charge >= 0.3 is 0 Å². The molecule has 0 heterocycles. The van der Waals surface area contributed by atoms with Gasteiger partial charge in [-0.05, 0) is 75.6 Å². The molecule has 0 aromatic heterocycles. The van der Waals surface area contributed by atoms with Gasteiger partial charge in [-0.2, -0.15) is 0 Å². The monoisotopic (exact) mass is 658 g/mol. The van der Waals surface area contributed by atoms with Gasteiger partial charge in [-0.15, -0.1) is 0 Å². The number of hydrogen-bond acceptors (Lipinski definition) is 3. The molecule has 3 aromatic rings. The van der Waals surface area contributed by atoms with Crippen molar-refractivity contribution in [2.24, 2.45) is 0 Å². The van der Waals surface area contributed by atoms with E-state index < -0.39 is 6.04 Å². The Labute approximate surface area is 261 Å². The van der Waals surface area contributed by atoms with Crippen molar-refractivity contribution in [1.29, 1.82) is 0 Å². The molecule has 5 nitrogen and oxygen atoms in total. The van der Waals surface area contributed by atoms with Crippen LogP contribution in [0.5, 0.6) is 5.75 Å². The highest BCUT2D eigenvalue weighted by molar-refractivity contribution is 9.10. The molecule has 0 spiro atoms. The van der Waals surface area contributed by atoms with Crippen LogP contribution in [0.4, 0.5) is 0 Å². The Bertz CT molecular complexity index is 1330. The van der Waals surface area contributed by atoms with Gasteiger partial charge in [-0.1, -0.05) is 98.8 Å². The quantitative estimate of drug-likeness (QED) is 0.225. The third-order valence-electron chi connectivity index (χ3n) is 7.53. The van der Waals surface area contributed by atoms with E-state index in [9.17, 15) is 9.59 Å². The van der Waals surface area contributed by atoms with Crippen molar-refractivity contribution in [3.8, 4) is 5.75 Å². The Kier molecular flexibility index (Phi) is 11.5. The molecule has 3 aromatic carbocycles. The van der Waals surface area contributed by atoms with Gasteiger partial charge in [-0.25, -0.2) is 0 Å². The van der Waals surface area contributed by atoms with Crippen LogP contribution in [0.1, 0.15) is 68.6 Å². The Morgan fingerprint density at radius 3 is 2.34 bits per heavy atom. The molecule has 0 saturated heterocycles. The zero-order valence-corrected chi connectivity index (χ0v) is 26.6. The number of carbonyl (C=O) groups excluding carboxylic acids is 2. The SMILES string of the molecule is CC(C)c1ccc(OCC(=O)N(Cc2ccc(Cl)c(Cl)c2)[C@@H](Cc2ccccc2)C(=O)NC2CCCCC2)c(Br)c1. The lowest BCUT2D eigenvalue weighted by Crippen LogP contribution is -2.53. The Morgan fingerprint density at radius 2 is 1.68 bits per heavy atom. The van der Waals surface area contributed by atoms with Crippen molar-refractivity contribution in [2.75, 3.05) is 6.61 Å². The number of nitrogens with zero attached hydrogens (tertiary/aromatic N) is 1. The van der Waals surface area contributed by atoms with E-state index in [1.165, 1.54) is 12.0 Å². The average Bonchev–Trinajstić information content (AvgIpc) is 2.96. The largest absolute Gasteiger partial charge is 0.483 e. The zero-order valence-electron chi connectivity index (χ0n) is 23.5. The van der Waals surface area contributed by atoms with Crippen LogP contribution in [0.15, 0.2) is 71.2 Å². The summed E-state index contributed by atoms with van der Waals surface area (Å²) >= 11 is 16.1. The number of hydrogen-bond donors (Lipinski definition) is 1. The van der Waals surface area contributed by atoms with Gasteiger partial charge in [0.2, 0.25) is 5.91 Å². The normalized spacial score (nSPS) is 14.5. The number of halogens is 3. The minimum atomic E-state index is -0.739. The first kappa shape index (κ1) is 31.4. The Hall–Kier alpha value is -2.54. The molecule has 8 heteroatoms. The maximum atomic E-state index is 13.9. The molecule has 0 aliphatic heterocycles. The highest BCUT2D eigenvalue weighted by Gasteiger charge is 2.32. The molecule has 0 bridgehead atoms. The summed E-state index contributed by atoms with van der Waals surface area (Å²) in [6, 6.07) is 20.3. The van der Waals surface area contributed by atoms with E-state index >= 15 is 0 Å². The third-order valence-corrected chi connectivity index (χ3v) is 8.89. The molecular formula is C33H37BrCl2N2O3. The van der Waals surface area contributed by atoms with Crippen molar-refractivity contribution >= 4 is 50.9 Å². The van der Waals surface area contributed by atoms with Crippen molar-refractivity contribution in [1.82, 2.24) is 10.2 Å². The second kappa shape index (κ2) is 15.1. The smallest absolute Gasteiger partial charge is 0.261 e. The molecule has 1 atom stereocenters. The highest BCUT2D eigenvalue weighted by atomic mass is 79.9. The molecular weight excluding hydrogens is 623 g/mol. The molecule has 0 unspecified atom stereocenters. The second-order valence-electron chi connectivity index (χ2n) is 11.0. The predicted molar refractivity (Wildman–Crippen MR) is 170 cm³/mol. The standard InChI is InChI=1S/C33H37BrCl2N2O3/c1-22(2)25-14-16-31(27(34)19-25)41-21-32(39)38(20-24-13-15-28(35)29(36)17-24)30(18-23-9-5-3-6-10-23)33(40)37-26-11-7-4-8-12-26/h3,5-6,9-10,13-17,19,22,26,30H,4,7-8,11-12,18,20-21H2,1-2H3,(H,37,40)/t30-/m0/s1.